The van der Waals surface area contributed by atoms with E-state index in [1.54, 1.807) is 0 Å². The molecule has 0 amide bonds. The lowest BCUT2D eigenvalue weighted by Crippen LogP contribution is -2.44. The van der Waals surface area contributed by atoms with E-state index < -0.39 is 0 Å². The van der Waals surface area contributed by atoms with E-state index in [0.717, 1.165) is 25.7 Å². The highest BCUT2D eigenvalue weighted by molar-refractivity contribution is 4.81. The largest absolute Gasteiger partial charge is 0.141 e. The van der Waals surface area contributed by atoms with Crippen molar-refractivity contribution in [2.75, 3.05) is 0 Å². The number of rotatable bonds is 7. The highest BCUT2D eigenvalue weighted by Crippen LogP contribution is 2.20. The average molecular weight is 184 g/mol. The summed E-state index contributed by atoms with van der Waals surface area (Å²) in [4.78, 5) is 0. The van der Waals surface area contributed by atoms with Gasteiger partial charge in [0.15, 0.2) is 0 Å². The van der Waals surface area contributed by atoms with Gasteiger partial charge in [0.1, 0.15) is 0 Å². The third-order valence-electron chi connectivity index (χ3n) is 3.03. The summed E-state index contributed by atoms with van der Waals surface area (Å²) in [6.07, 6.45) is 4.37. The Morgan fingerprint density at radius 2 is 1.46 bits per heavy atom. The quantitative estimate of drug-likeness (QED) is 0.544. The number of nitrogens with zero attached hydrogens (tertiary/aromatic N) is 2. The van der Waals surface area contributed by atoms with Crippen LogP contribution in [0.25, 0.3) is 0 Å². The molecule has 0 aliphatic rings. The van der Waals surface area contributed by atoms with Gasteiger partial charge >= 0.3 is 0 Å². The van der Waals surface area contributed by atoms with Crippen LogP contribution in [0, 0.1) is 0 Å². The summed E-state index contributed by atoms with van der Waals surface area (Å²) in [5.41, 5.74) is 8.97. The first-order valence-electron chi connectivity index (χ1n) is 5.56. The van der Waals surface area contributed by atoms with E-state index in [0.29, 0.717) is 6.04 Å². The maximum Gasteiger partial charge on any atom is 0.0535 e. The average Bonchev–Trinajstić information content (AvgIpc) is 2.20. The van der Waals surface area contributed by atoms with Gasteiger partial charge in [-0.05, 0) is 32.6 Å². The monoisotopic (exact) mass is 184 g/mol. The molecule has 0 heterocycles. The molecule has 0 rings (SSSR count). The molecule has 78 valence electrons. The Hall–Kier alpha value is -0.0800. The molecule has 0 aromatic heterocycles. The van der Waals surface area contributed by atoms with Gasteiger partial charge < -0.3 is 0 Å². The van der Waals surface area contributed by atoms with Crippen molar-refractivity contribution >= 4 is 0 Å². The summed E-state index contributed by atoms with van der Waals surface area (Å²) in [5.74, 6) is 0. The van der Waals surface area contributed by atoms with Crippen molar-refractivity contribution in [3.8, 4) is 0 Å². The van der Waals surface area contributed by atoms with Crippen molar-refractivity contribution in [2.24, 2.45) is 0 Å². The normalized spacial score (nSPS) is 14.5. The molecule has 2 nitrogen and oxygen atoms in total. The summed E-state index contributed by atoms with van der Waals surface area (Å²) >= 11 is 0. The van der Waals surface area contributed by atoms with E-state index in [1.165, 1.54) is 0 Å². The molecule has 0 N–H and O–H groups in total. The zero-order valence-electron chi connectivity index (χ0n) is 9.80. The molecule has 0 aromatic carbocycles. The lowest BCUT2D eigenvalue weighted by Gasteiger charge is -2.29. The maximum absolute atomic E-state index is 4.51. The van der Waals surface area contributed by atoms with Crippen LogP contribution in [0.4, 0.5) is 0 Å². The Morgan fingerprint density at radius 3 is 1.77 bits per heavy atom. The SMILES string of the molecule is CCC(C)[N][N]C(CC)(CC)CC. The third-order valence-corrected chi connectivity index (χ3v) is 3.03. The van der Waals surface area contributed by atoms with Gasteiger partial charge in [0.05, 0.1) is 5.54 Å². The lowest BCUT2D eigenvalue weighted by atomic mass is 9.91. The van der Waals surface area contributed by atoms with Gasteiger partial charge in [0.2, 0.25) is 0 Å². The van der Waals surface area contributed by atoms with E-state index in [9.17, 15) is 0 Å². The van der Waals surface area contributed by atoms with Crippen LogP contribution in [0.1, 0.15) is 60.3 Å². The minimum absolute atomic E-state index is 0.115. The first-order valence-corrected chi connectivity index (χ1v) is 5.56. The van der Waals surface area contributed by atoms with Crippen LogP contribution in [0.2, 0.25) is 0 Å². The second-order valence-corrected chi connectivity index (χ2v) is 3.76. The van der Waals surface area contributed by atoms with Crippen LogP contribution in [0.5, 0.6) is 0 Å². The second-order valence-electron chi connectivity index (χ2n) is 3.76. The van der Waals surface area contributed by atoms with Crippen LogP contribution in [-0.4, -0.2) is 11.6 Å². The van der Waals surface area contributed by atoms with Gasteiger partial charge in [-0.3, -0.25) is 0 Å². The molecule has 0 fully saturated rings. The first-order chi connectivity index (χ1) is 6.14. The van der Waals surface area contributed by atoms with Crippen LogP contribution in [0.3, 0.4) is 0 Å². The highest BCUT2D eigenvalue weighted by Gasteiger charge is 2.25. The Bertz CT molecular complexity index is 111. The molecule has 0 saturated heterocycles. The minimum Gasteiger partial charge on any atom is -0.141 e. The van der Waals surface area contributed by atoms with E-state index in [4.69, 9.17) is 0 Å². The van der Waals surface area contributed by atoms with Crippen molar-refractivity contribution in [2.45, 2.75) is 71.9 Å². The maximum atomic E-state index is 4.51. The molecule has 2 radical (unpaired) electrons. The third kappa shape index (κ3) is 4.10. The van der Waals surface area contributed by atoms with Gasteiger partial charge in [-0.25, -0.2) is 0 Å². The fraction of sp³-hybridized carbons (Fsp3) is 1.00. The molecule has 0 bridgehead atoms. The Morgan fingerprint density at radius 1 is 1.00 bits per heavy atom. The predicted molar refractivity (Wildman–Crippen MR) is 57.6 cm³/mol. The first kappa shape index (κ1) is 12.9. The van der Waals surface area contributed by atoms with Gasteiger partial charge in [-0.2, -0.15) is 0 Å². The van der Waals surface area contributed by atoms with Gasteiger partial charge in [0.25, 0.3) is 0 Å². The fourth-order valence-corrected chi connectivity index (χ4v) is 1.26. The summed E-state index contributed by atoms with van der Waals surface area (Å²) in [6, 6.07) is 0.379. The van der Waals surface area contributed by atoms with E-state index in [1.807, 2.05) is 0 Å². The lowest BCUT2D eigenvalue weighted by molar-refractivity contribution is 0.219. The minimum atomic E-state index is 0.115. The smallest absolute Gasteiger partial charge is 0.0535 e. The predicted octanol–water partition coefficient (Wildman–Crippen LogP) is 2.88. The molecule has 1 atom stereocenters. The molecule has 2 heteroatoms. The summed E-state index contributed by atoms with van der Waals surface area (Å²) in [6.45, 7) is 10.9. The van der Waals surface area contributed by atoms with E-state index >= 15 is 0 Å². The Labute approximate surface area is 83.5 Å². The second kappa shape index (κ2) is 6.39. The van der Waals surface area contributed by atoms with Crippen molar-refractivity contribution in [1.29, 1.82) is 0 Å². The molecular weight excluding hydrogens is 160 g/mol. The Kier molecular flexibility index (Phi) is 6.35. The van der Waals surface area contributed by atoms with Crippen LogP contribution in [-0.2, 0) is 0 Å². The van der Waals surface area contributed by atoms with Crippen LogP contribution >= 0.6 is 0 Å². The highest BCUT2D eigenvalue weighted by atomic mass is 15.4. The molecule has 1 unspecified atom stereocenters. The molecule has 13 heavy (non-hydrogen) atoms. The van der Waals surface area contributed by atoms with Crippen LogP contribution < -0.4 is 10.9 Å². The number of hydrogen-bond donors (Lipinski definition) is 0. The van der Waals surface area contributed by atoms with Gasteiger partial charge in [0, 0.05) is 6.04 Å². The Balaban J connectivity index is 3.95. The molecule has 0 aromatic rings. The van der Waals surface area contributed by atoms with E-state index in [2.05, 4.69) is 45.5 Å². The van der Waals surface area contributed by atoms with Gasteiger partial charge in [-0.1, -0.05) is 27.7 Å². The standard InChI is InChI=1S/C11H24N2/c1-6-10(5)12-13-11(7-2,8-3)9-4/h10H,6-9H2,1-5H3. The molecule has 0 aliphatic heterocycles. The molecule has 0 spiro atoms. The topological polar surface area (TPSA) is 28.2 Å². The van der Waals surface area contributed by atoms with Crippen molar-refractivity contribution in [1.82, 2.24) is 10.9 Å². The van der Waals surface area contributed by atoms with Crippen LogP contribution in [0.15, 0.2) is 0 Å². The zero-order valence-corrected chi connectivity index (χ0v) is 9.80. The van der Waals surface area contributed by atoms with Crippen molar-refractivity contribution < 1.29 is 0 Å². The molecule has 0 saturated carbocycles. The van der Waals surface area contributed by atoms with Gasteiger partial charge in [-0.15, -0.1) is 10.9 Å². The molecular formula is C11H24N2. The van der Waals surface area contributed by atoms with Crippen molar-refractivity contribution in [3.05, 3.63) is 0 Å². The van der Waals surface area contributed by atoms with Crippen molar-refractivity contribution in [3.63, 3.8) is 0 Å². The van der Waals surface area contributed by atoms with E-state index in [-0.39, 0.29) is 5.54 Å². The zero-order chi connectivity index (χ0) is 10.3. The summed E-state index contributed by atoms with van der Waals surface area (Å²) in [7, 11) is 0. The molecule has 0 aliphatic carbocycles. The summed E-state index contributed by atoms with van der Waals surface area (Å²) < 4.78 is 0. The fourth-order valence-electron chi connectivity index (χ4n) is 1.26. The number of hydrogen-bond acceptors (Lipinski definition) is 0. The summed E-state index contributed by atoms with van der Waals surface area (Å²) in [5, 5.41) is 0.